The van der Waals surface area contributed by atoms with Crippen LogP contribution in [0.5, 0.6) is 0 Å². The molecule has 1 heterocycles. The lowest BCUT2D eigenvalue weighted by Gasteiger charge is -2.22. The lowest BCUT2D eigenvalue weighted by Crippen LogP contribution is -2.33. The van der Waals surface area contributed by atoms with E-state index in [0.717, 1.165) is 10.9 Å². The predicted octanol–water partition coefficient (Wildman–Crippen LogP) is 3.31. The molecule has 1 amide bonds. The van der Waals surface area contributed by atoms with Gasteiger partial charge in [0.2, 0.25) is 0 Å². The molecule has 0 saturated heterocycles. The van der Waals surface area contributed by atoms with Crippen molar-refractivity contribution in [1.82, 2.24) is 9.97 Å². The van der Waals surface area contributed by atoms with Crippen molar-refractivity contribution in [3.8, 4) is 0 Å². The zero-order chi connectivity index (χ0) is 16.0. The zero-order valence-corrected chi connectivity index (χ0v) is 14.1. The number of anilines is 1. The molecule has 6 nitrogen and oxygen atoms in total. The third-order valence-electron chi connectivity index (χ3n) is 2.84. The van der Waals surface area contributed by atoms with Crippen molar-refractivity contribution in [2.45, 2.75) is 32.6 Å². The Kier molecular flexibility index (Phi) is 6.04. The topological polar surface area (TPSA) is 75.5 Å². The van der Waals surface area contributed by atoms with Crippen molar-refractivity contribution in [3.05, 3.63) is 24.8 Å². The molecule has 0 aliphatic carbocycles. The van der Waals surface area contributed by atoms with Crippen LogP contribution in [-0.4, -0.2) is 42.6 Å². The van der Waals surface area contributed by atoms with Crippen molar-refractivity contribution in [3.63, 3.8) is 0 Å². The van der Waals surface area contributed by atoms with E-state index in [0.29, 0.717) is 23.6 Å². The Balaban J connectivity index is 2.79. The fourth-order valence-corrected chi connectivity index (χ4v) is 2.37. The van der Waals surface area contributed by atoms with Crippen LogP contribution in [0.1, 0.15) is 12.6 Å². The summed E-state index contributed by atoms with van der Waals surface area (Å²) in [7, 11) is -1.19. The lowest BCUT2D eigenvalue weighted by atomic mass is 10.2. The summed E-state index contributed by atoms with van der Waals surface area (Å²) >= 11 is 0. The molecule has 0 aliphatic heterocycles. The van der Waals surface area contributed by atoms with Gasteiger partial charge in [0.1, 0.15) is 13.1 Å². The maximum atomic E-state index is 11.4. The second-order valence-corrected chi connectivity index (χ2v) is 11.7. The summed E-state index contributed by atoms with van der Waals surface area (Å²) in [5, 5.41) is 9.36. The van der Waals surface area contributed by atoms with E-state index in [2.05, 4.69) is 36.2 Å². The van der Waals surface area contributed by atoms with Gasteiger partial charge in [0, 0.05) is 14.7 Å². The van der Waals surface area contributed by atoms with E-state index < -0.39 is 14.2 Å². The van der Waals surface area contributed by atoms with Gasteiger partial charge in [-0.2, -0.15) is 0 Å². The molecule has 1 aromatic rings. The van der Waals surface area contributed by atoms with Crippen LogP contribution in [0.15, 0.2) is 19.1 Å². The summed E-state index contributed by atoms with van der Waals surface area (Å²) in [6.07, 6.45) is 1.74. The van der Waals surface area contributed by atoms with Gasteiger partial charge in [0.05, 0.1) is 17.6 Å². The van der Waals surface area contributed by atoms with E-state index in [9.17, 15) is 9.90 Å². The van der Waals surface area contributed by atoms with Crippen LogP contribution in [0.3, 0.4) is 0 Å². The monoisotopic (exact) mass is 309 g/mol. The molecule has 116 valence electrons. The van der Waals surface area contributed by atoms with Gasteiger partial charge in [0.15, 0.2) is 0 Å². The number of hydrogen-bond donors (Lipinski definition) is 1. The van der Waals surface area contributed by atoms with Crippen LogP contribution in [-0.2, 0) is 4.74 Å². The van der Waals surface area contributed by atoms with E-state index in [1.54, 1.807) is 6.92 Å². The van der Waals surface area contributed by atoms with Crippen molar-refractivity contribution in [2.24, 2.45) is 0 Å². The fraction of sp³-hybridized carbons (Fsp3) is 0.500. The number of carbonyl (C=O) groups is 1. The molecule has 0 fully saturated rings. The van der Waals surface area contributed by atoms with Crippen LogP contribution in [0.2, 0.25) is 25.7 Å². The molecule has 0 spiro atoms. The molecular weight excluding hydrogens is 286 g/mol. The van der Waals surface area contributed by atoms with Gasteiger partial charge in [0.25, 0.3) is 0 Å². The molecule has 0 radical (unpaired) electrons. The molecule has 0 aliphatic rings. The number of aromatic nitrogens is 2. The van der Waals surface area contributed by atoms with Crippen molar-refractivity contribution < 1.29 is 14.6 Å². The van der Waals surface area contributed by atoms with E-state index in [1.807, 2.05) is 0 Å². The number of carboxylic acid groups (broad SMARTS) is 1. The summed E-state index contributed by atoms with van der Waals surface area (Å²) in [5.41, 5.74) is 1.59. The van der Waals surface area contributed by atoms with Gasteiger partial charge < -0.3 is 9.84 Å². The number of nitrogens with zero attached hydrogens (tertiary/aromatic N) is 3. The number of hydrogen-bond acceptors (Lipinski definition) is 4. The highest BCUT2D eigenvalue weighted by Gasteiger charge is 2.20. The number of allylic oxidation sites excluding steroid dienone is 1. The smallest absolute Gasteiger partial charge is 0.413 e. The molecule has 0 saturated carbocycles. The Hall–Kier alpha value is -1.73. The van der Waals surface area contributed by atoms with Gasteiger partial charge in [-0.3, -0.25) is 4.90 Å². The standard InChI is InChI=1S/C14H23N3O3Si/c1-11(2)13-12(8-15-9-16-13)17(14(18)19)10-20-6-7-21(3,4)5/h8-9H,1,6-7,10H2,2-5H3,(H,18,19). The fourth-order valence-electron chi connectivity index (χ4n) is 1.61. The summed E-state index contributed by atoms with van der Waals surface area (Å²) in [6, 6.07) is 0.985. The van der Waals surface area contributed by atoms with Crippen molar-refractivity contribution in [1.29, 1.82) is 0 Å². The van der Waals surface area contributed by atoms with Crippen LogP contribution in [0.4, 0.5) is 10.5 Å². The van der Waals surface area contributed by atoms with E-state index in [4.69, 9.17) is 4.74 Å². The SMILES string of the molecule is C=C(C)c1ncncc1N(COCC[Si](C)(C)C)C(=O)O. The molecule has 1 N–H and O–H groups in total. The first-order chi connectivity index (χ1) is 9.72. The molecule has 1 aromatic heterocycles. The first-order valence-corrected chi connectivity index (χ1v) is 10.5. The number of ether oxygens (including phenoxy) is 1. The minimum absolute atomic E-state index is 0.0343. The second-order valence-electron chi connectivity index (χ2n) is 6.10. The quantitative estimate of drug-likeness (QED) is 0.475. The third kappa shape index (κ3) is 5.64. The Morgan fingerprint density at radius 2 is 2.14 bits per heavy atom. The highest BCUT2D eigenvalue weighted by atomic mass is 28.3. The molecule has 1 rings (SSSR count). The number of rotatable bonds is 7. The first-order valence-electron chi connectivity index (χ1n) is 6.76. The van der Waals surface area contributed by atoms with Gasteiger partial charge in [-0.25, -0.2) is 14.8 Å². The molecule has 0 unspecified atom stereocenters. The number of amides is 1. The summed E-state index contributed by atoms with van der Waals surface area (Å²) < 4.78 is 5.52. The van der Waals surface area contributed by atoms with Crippen molar-refractivity contribution >= 4 is 25.4 Å². The van der Waals surface area contributed by atoms with E-state index >= 15 is 0 Å². The molecule has 0 aromatic carbocycles. The van der Waals surface area contributed by atoms with Gasteiger partial charge in [-0.05, 0) is 18.5 Å². The zero-order valence-electron chi connectivity index (χ0n) is 13.1. The Morgan fingerprint density at radius 1 is 1.48 bits per heavy atom. The highest BCUT2D eigenvalue weighted by molar-refractivity contribution is 6.76. The maximum absolute atomic E-state index is 11.4. The minimum atomic E-state index is -1.19. The Labute approximate surface area is 126 Å². The minimum Gasteiger partial charge on any atom is -0.465 e. The average Bonchev–Trinajstić information content (AvgIpc) is 2.37. The largest absolute Gasteiger partial charge is 0.465 e. The van der Waals surface area contributed by atoms with Crippen LogP contribution < -0.4 is 4.90 Å². The predicted molar refractivity (Wildman–Crippen MR) is 86.2 cm³/mol. The van der Waals surface area contributed by atoms with E-state index in [-0.39, 0.29) is 6.73 Å². The third-order valence-corrected chi connectivity index (χ3v) is 4.54. The van der Waals surface area contributed by atoms with E-state index in [1.165, 1.54) is 12.5 Å². The maximum Gasteiger partial charge on any atom is 0.413 e. The Bertz CT molecular complexity index is 514. The average molecular weight is 309 g/mol. The summed E-state index contributed by atoms with van der Waals surface area (Å²) in [4.78, 5) is 20.5. The summed E-state index contributed by atoms with van der Waals surface area (Å²) in [5.74, 6) is 0. The second kappa shape index (κ2) is 7.33. The van der Waals surface area contributed by atoms with Gasteiger partial charge >= 0.3 is 6.09 Å². The molecule has 0 bridgehead atoms. The van der Waals surface area contributed by atoms with Crippen LogP contribution >= 0.6 is 0 Å². The normalized spacial score (nSPS) is 11.2. The molecular formula is C14H23N3O3Si. The summed E-state index contributed by atoms with van der Waals surface area (Å²) in [6.45, 7) is 12.8. The molecule has 0 atom stereocenters. The lowest BCUT2D eigenvalue weighted by molar-refractivity contribution is 0.137. The van der Waals surface area contributed by atoms with Crippen LogP contribution in [0.25, 0.3) is 5.57 Å². The van der Waals surface area contributed by atoms with Crippen LogP contribution in [0, 0.1) is 0 Å². The van der Waals surface area contributed by atoms with Gasteiger partial charge in [-0.15, -0.1) is 0 Å². The highest BCUT2D eigenvalue weighted by Crippen LogP contribution is 2.23. The molecule has 7 heteroatoms. The van der Waals surface area contributed by atoms with Gasteiger partial charge in [-0.1, -0.05) is 26.2 Å². The Morgan fingerprint density at radius 3 is 2.67 bits per heavy atom. The first kappa shape index (κ1) is 17.3. The van der Waals surface area contributed by atoms with Crippen molar-refractivity contribution in [2.75, 3.05) is 18.2 Å². The molecule has 21 heavy (non-hydrogen) atoms.